The molecule has 1 atom stereocenters. The van der Waals surface area contributed by atoms with Crippen LogP contribution in [0.25, 0.3) is 0 Å². The van der Waals surface area contributed by atoms with Gasteiger partial charge >= 0.3 is 0 Å². The van der Waals surface area contributed by atoms with Crippen LogP contribution >= 0.6 is 0 Å². The standard InChI is InChI=1S/C13H21NO/c1-4-5-8-14-11(3)12-7-6-10(2)9-13(12)15/h6-7,9,11,14-15H,4-5,8H2,1-3H3. The number of unbranched alkanes of at least 4 members (excludes halogenated alkanes) is 1. The zero-order chi connectivity index (χ0) is 11.3. The Morgan fingerprint density at radius 3 is 2.73 bits per heavy atom. The van der Waals surface area contributed by atoms with Crippen molar-refractivity contribution in [3.8, 4) is 5.75 Å². The molecule has 0 aliphatic heterocycles. The molecule has 0 aromatic heterocycles. The zero-order valence-corrected chi connectivity index (χ0v) is 9.88. The van der Waals surface area contributed by atoms with Crippen molar-refractivity contribution in [2.24, 2.45) is 0 Å². The van der Waals surface area contributed by atoms with Crippen LogP contribution in [0.15, 0.2) is 18.2 Å². The minimum Gasteiger partial charge on any atom is -0.508 e. The molecule has 0 saturated heterocycles. The highest BCUT2D eigenvalue weighted by atomic mass is 16.3. The molecule has 84 valence electrons. The van der Waals surface area contributed by atoms with Crippen LogP contribution in [0.5, 0.6) is 5.75 Å². The highest BCUT2D eigenvalue weighted by molar-refractivity contribution is 5.37. The average molecular weight is 207 g/mol. The first kappa shape index (κ1) is 12.1. The molecule has 0 saturated carbocycles. The lowest BCUT2D eigenvalue weighted by Crippen LogP contribution is -2.19. The minimum absolute atomic E-state index is 0.220. The maximum Gasteiger partial charge on any atom is 0.120 e. The summed E-state index contributed by atoms with van der Waals surface area (Å²) in [6, 6.07) is 6.06. The van der Waals surface area contributed by atoms with E-state index in [1.165, 1.54) is 12.8 Å². The number of rotatable bonds is 5. The van der Waals surface area contributed by atoms with E-state index in [-0.39, 0.29) is 6.04 Å². The van der Waals surface area contributed by atoms with Gasteiger partial charge in [-0.1, -0.05) is 25.5 Å². The van der Waals surface area contributed by atoms with Gasteiger partial charge in [-0.05, 0) is 38.4 Å². The maximum absolute atomic E-state index is 9.78. The molecule has 1 aromatic carbocycles. The third-order valence-corrected chi connectivity index (χ3v) is 2.63. The van der Waals surface area contributed by atoms with Gasteiger partial charge in [-0.25, -0.2) is 0 Å². The summed E-state index contributed by atoms with van der Waals surface area (Å²) in [4.78, 5) is 0. The van der Waals surface area contributed by atoms with Crippen LogP contribution in [0, 0.1) is 6.92 Å². The third kappa shape index (κ3) is 3.56. The second kappa shape index (κ2) is 5.76. The van der Waals surface area contributed by atoms with E-state index in [4.69, 9.17) is 0 Å². The summed E-state index contributed by atoms with van der Waals surface area (Å²) in [6.07, 6.45) is 2.37. The van der Waals surface area contributed by atoms with Crippen LogP contribution in [0.3, 0.4) is 0 Å². The van der Waals surface area contributed by atoms with Crippen LogP contribution in [-0.4, -0.2) is 11.7 Å². The second-order valence-corrected chi connectivity index (χ2v) is 4.09. The summed E-state index contributed by atoms with van der Waals surface area (Å²) in [7, 11) is 0. The lowest BCUT2D eigenvalue weighted by atomic mass is 10.0. The molecule has 0 fully saturated rings. The first-order valence-electron chi connectivity index (χ1n) is 5.68. The average Bonchev–Trinajstić information content (AvgIpc) is 2.17. The van der Waals surface area contributed by atoms with Gasteiger partial charge in [-0.15, -0.1) is 0 Å². The van der Waals surface area contributed by atoms with E-state index in [1.54, 1.807) is 0 Å². The number of aromatic hydroxyl groups is 1. The van der Waals surface area contributed by atoms with Gasteiger partial charge in [0.1, 0.15) is 5.75 Å². The normalized spacial score (nSPS) is 12.7. The number of benzene rings is 1. The van der Waals surface area contributed by atoms with Crippen molar-refractivity contribution in [1.29, 1.82) is 0 Å². The minimum atomic E-state index is 0.220. The molecule has 1 unspecified atom stereocenters. The van der Waals surface area contributed by atoms with Crippen molar-refractivity contribution in [2.75, 3.05) is 6.54 Å². The number of nitrogens with one attached hydrogen (secondary N) is 1. The van der Waals surface area contributed by atoms with Gasteiger partial charge in [0, 0.05) is 11.6 Å². The van der Waals surface area contributed by atoms with Gasteiger partial charge in [-0.3, -0.25) is 0 Å². The Bertz CT molecular complexity index is 309. The predicted molar refractivity (Wildman–Crippen MR) is 64.2 cm³/mol. The molecule has 1 rings (SSSR count). The van der Waals surface area contributed by atoms with Crippen molar-refractivity contribution < 1.29 is 5.11 Å². The topological polar surface area (TPSA) is 32.3 Å². The van der Waals surface area contributed by atoms with Crippen LogP contribution in [-0.2, 0) is 0 Å². The molecule has 1 aromatic rings. The molecule has 15 heavy (non-hydrogen) atoms. The quantitative estimate of drug-likeness (QED) is 0.727. The Morgan fingerprint density at radius 2 is 2.13 bits per heavy atom. The van der Waals surface area contributed by atoms with Crippen LogP contribution in [0.1, 0.15) is 43.9 Å². The monoisotopic (exact) mass is 207 g/mol. The summed E-state index contributed by atoms with van der Waals surface area (Å²) in [6.45, 7) is 7.25. The smallest absolute Gasteiger partial charge is 0.120 e. The van der Waals surface area contributed by atoms with Crippen LogP contribution < -0.4 is 5.32 Å². The number of hydrogen-bond acceptors (Lipinski definition) is 2. The molecule has 0 aliphatic rings. The number of hydrogen-bond donors (Lipinski definition) is 2. The summed E-state index contributed by atoms with van der Waals surface area (Å²) >= 11 is 0. The number of aryl methyl sites for hydroxylation is 1. The second-order valence-electron chi connectivity index (χ2n) is 4.09. The zero-order valence-electron chi connectivity index (χ0n) is 9.88. The Hall–Kier alpha value is -1.02. The molecule has 0 bridgehead atoms. The Morgan fingerprint density at radius 1 is 1.40 bits per heavy atom. The Balaban J connectivity index is 2.61. The predicted octanol–water partition coefficient (Wildman–Crippen LogP) is 3.15. The highest BCUT2D eigenvalue weighted by Crippen LogP contribution is 2.24. The van der Waals surface area contributed by atoms with E-state index in [2.05, 4.69) is 19.2 Å². The molecule has 0 amide bonds. The van der Waals surface area contributed by atoms with E-state index in [9.17, 15) is 5.11 Å². The molecular formula is C13H21NO. The van der Waals surface area contributed by atoms with Gasteiger partial charge in [0.2, 0.25) is 0 Å². The van der Waals surface area contributed by atoms with E-state index < -0.39 is 0 Å². The van der Waals surface area contributed by atoms with E-state index in [0.717, 1.165) is 17.7 Å². The molecule has 2 heteroatoms. The summed E-state index contributed by atoms with van der Waals surface area (Å²) < 4.78 is 0. The molecule has 0 heterocycles. The molecular weight excluding hydrogens is 186 g/mol. The third-order valence-electron chi connectivity index (χ3n) is 2.63. The summed E-state index contributed by atoms with van der Waals surface area (Å²) in [5.41, 5.74) is 2.08. The summed E-state index contributed by atoms with van der Waals surface area (Å²) in [5.74, 6) is 0.395. The maximum atomic E-state index is 9.78. The Kier molecular flexibility index (Phi) is 4.63. The Labute approximate surface area is 92.3 Å². The largest absolute Gasteiger partial charge is 0.508 e. The number of phenols is 1. The van der Waals surface area contributed by atoms with Gasteiger partial charge in [0.25, 0.3) is 0 Å². The highest BCUT2D eigenvalue weighted by Gasteiger charge is 2.08. The van der Waals surface area contributed by atoms with Gasteiger partial charge in [0.15, 0.2) is 0 Å². The summed E-state index contributed by atoms with van der Waals surface area (Å²) in [5, 5.41) is 13.2. The van der Waals surface area contributed by atoms with Gasteiger partial charge in [0.05, 0.1) is 0 Å². The molecule has 0 spiro atoms. The first-order valence-corrected chi connectivity index (χ1v) is 5.68. The van der Waals surface area contributed by atoms with E-state index in [1.807, 2.05) is 25.1 Å². The molecule has 0 radical (unpaired) electrons. The van der Waals surface area contributed by atoms with E-state index >= 15 is 0 Å². The molecule has 2 N–H and O–H groups in total. The van der Waals surface area contributed by atoms with Crippen molar-refractivity contribution in [3.63, 3.8) is 0 Å². The first-order chi connectivity index (χ1) is 7.15. The van der Waals surface area contributed by atoms with E-state index in [0.29, 0.717) is 5.75 Å². The lowest BCUT2D eigenvalue weighted by molar-refractivity contribution is 0.451. The van der Waals surface area contributed by atoms with Crippen molar-refractivity contribution in [1.82, 2.24) is 5.32 Å². The SMILES string of the molecule is CCCCNC(C)c1ccc(C)cc1O. The fourth-order valence-electron chi connectivity index (χ4n) is 1.63. The molecule has 0 aliphatic carbocycles. The van der Waals surface area contributed by atoms with Crippen LogP contribution in [0.4, 0.5) is 0 Å². The fourth-order valence-corrected chi connectivity index (χ4v) is 1.63. The van der Waals surface area contributed by atoms with Gasteiger partial charge in [-0.2, -0.15) is 0 Å². The van der Waals surface area contributed by atoms with Crippen LogP contribution in [0.2, 0.25) is 0 Å². The lowest BCUT2D eigenvalue weighted by Gasteiger charge is -2.15. The fraction of sp³-hybridized carbons (Fsp3) is 0.538. The van der Waals surface area contributed by atoms with Gasteiger partial charge < -0.3 is 10.4 Å². The number of phenolic OH excluding ortho intramolecular Hbond substituents is 1. The van der Waals surface area contributed by atoms with Crippen molar-refractivity contribution in [2.45, 2.75) is 39.7 Å². The molecule has 2 nitrogen and oxygen atoms in total. The van der Waals surface area contributed by atoms with Crippen molar-refractivity contribution in [3.05, 3.63) is 29.3 Å². The van der Waals surface area contributed by atoms with Crippen molar-refractivity contribution >= 4 is 0 Å².